The molecule has 2 aromatic carbocycles. The molecule has 1 aromatic heterocycles. The number of thiazole rings is 1. The molecule has 3 N–H and O–H groups in total. The van der Waals surface area contributed by atoms with Crippen molar-refractivity contribution in [1.29, 1.82) is 0 Å². The number of phenolic OH excluding ortho intramolecular Hbond substituents is 1. The predicted octanol–water partition coefficient (Wildman–Crippen LogP) is 3.90. The fourth-order valence-electron chi connectivity index (χ4n) is 1.73. The van der Waals surface area contributed by atoms with Crippen molar-refractivity contribution in [3.05, 3.63) is 41.4 Å². The van der Waals surface area contributed by atoms with Crippen LogP contribution in [0.2, 0.25) is 5.02 Å². The molecule has 0 atom stereocenters. The van der Waals surface area contributed by atoms with Crippen molar-refractivity contribution in [3.63, 3.8) is 0 Å². The molecule has 0 saturated carbocycles. The van der Waals surface area contributed by atoms with Crippen molar-refractivity contribution < 1.29 is 5.11 Å². The number of phenols is 1. The maximum absolute atomic E-state index is 9.41. The van der Waals surface area contributed by atoms with Gasteiger partial charge in [-0.05, 0) is 30.3 Å². The molecule has 0 radical (unpaired) electrons. The summed E-state index contributed by atoms with van der Waals surface area (Å²) < 4.78 is 0.959. The number of fused-ring (bicyclic) bond motifs is 1. The zero-order valence-corrected chi connectivity index (χ0v) is 10.8. The number of nitrogen functional groups attached to an aromatic ring is 1. The molecular formula is C13H9ClN2OS. The number of rotatable bonds is 1. The van der Waals surface area contributed by atoms with Crippen molar-refractivity contribution in [2.75, 3.05) is 5.73 Å². The minimum Gasteiger partial charge on any atom is -0.506 e. The molecule has 18 heavy (non-hydrogen) atoms. The van der Waals surface area contributed by atoms with E-state index in [1.165, 1.54) is 11.3 Å². The molecule has 0 amide bonds. The van der Waals surface area contributed by atoms with Gasteiger partial charge in [0.25, 0.3) is 0 Å². The van der Waals surface area contributed by atoms with E-state index in [0.717, 1.165) is 20.8 Å². The fourth-order valence-corrected chi connectivity index (χ4v) is 2.98. The summed E-state index contributed by atoms with van der Waals surface area (Å²) >= 11 is 7.63. The monoisotopic (exact) mass is 276 g/mol. The Bertz CT molecular complexity index is 739. The van der Waals surface area contributed by atoms with Crippen LogP contribution in [0, 0.1) is 0 Å². The fraction of sp³-hybridized carbons (Fsp3) is 0. The third kappa shape index (κ3) is 1.79. The van der Waals surface area contributed by atoms with Crippen LogP contribution in [0.5, 0.6) is 5.75 Å². The van der Waals surface area contributed by atoms with E-state index >= 15 is 0 Å². The second kappa shape index (κ2) is 4.15. The summed E-state index contributed by atoms with van der Waals surface area (Å²) in [6.45, 7) is 0. The summed E-state index contributed by atoms with van der Waals surface area (Å²) in [5.41, 5.74) is 7.78. The number of aromatic nitrogens is 1. The van der Waals surface area contributed by atoms with E-state index in [4.69, 9.17) is 17.3 Å². The van der Waals surface area contributed by atoms with Crippen molar-refractivity contribution >= 4 is 38.8 Å². The van der Waals surface area contributed by atoms with Crippen LogP contribution in [0.1, 0.15) is 0 Å². The smallest absolute Gasteiger partial charge is 0.138 e. The summed E-state index contributed by atoms with van der Waals surface area (Å²) in [5, 5.41) is 10.9. The molecule has 3 rings (SSSR count). The van der Waals surface area contributed by atoms with Crippen LogP contribution >= 0.6 is 22.9 Å². The van der Waals surface area contributed by atoms with Gasteiger partial charge in [0.05, 0.1) is 20.9 Å². The molecule has 3 aromatic rings. The number of halogens is 1. The maximum Gasteiger partial charge on any atom is 0.138 e. The Morgan fingerprint density at radius 3 is 2.78 bits per heavy atom. The Morgan fingerprint density at radius 1 is 1.22 bits per heavy atom. The first-order chi connectivity index (χ1) is 8.65. The van der Waals surface area contributed by atoms with Crippen molar-refractivity contribution in [2.45, 2.75) is 0 Å². The number of hydrogen-bond donors (Lipinski definition) is 2. The largest absolute Gasteiger partial charge is 0.506 e. The van der Waals surface area contributed by atoms with E-state index in [2.05, 4.69) is 4.98 Å². The minimum atomic E-state index is 0.0814. The number of nitrogens with zero attached hydrogens (tertiary/aromatic N) is 1. The van der Waals surface area contributed by atoms with E-state index < -0.39 is 0 Å². The van der Waals surface area contributed by atoms with Gasteiger partial charge in [-0.15, -0.1) is 11.3 Å². The van der Waals surface area contributed by atoms with Gasteiger partial charge in [-0.3, -0.25) is 0 Å². The lowest BCUT2D eigenvalue weighted by atomic mass is 10.2. The summed E-state index contributed by atoms with van der Waals surface area (Å²) in [6, 6.07) is 10.7. The van der Waals surface area contributed by atoms with Gasteiger partial charge in [-0.2, -0.15) is 0 Å². The van der Waals surface area contributed by atoms with Crippen molar-refractivity contribution in [1.82, 2.24) is 4.98 Å². The van der Waals surface area contributed by atoms with Crippen LogP contribution in [0.15, 0.2) is 36.4 Å². The third-order valence-electron chi connectivity index (χ3n) is 2.64. The Kier molecular flexibility index (Phi) is 2.61. The second-order valence-electron chi connectivity index (χ2n) is 3.88. The Labute approximate surface area is 112 Å². The van der Waals surface area contributed by atoms with Gasteiger partial charge in [0, 0.05) is 5.56 Å². The van der Waals surface area contributed by atoms with E-state index in [-0.39, 0.29) is 5.75 Å². The van der Waals surface area contributed by atoms with Gasteiger partial charge in [0.2, 0.25) is 0 Å². The lowest BCUT2D eigenvalue weighted by Crippen LogP contribution is -1.86. The first kappa shape index (κ1) is 11.3. The molecule has 0 saturated heterocycles. The number of aromatic hydroxyl groups is 1. The predicted molar refractivity (Wildman–Crippen MR) is 76.1 cm³/mol. The first-order valence-corrected chi connectivity index (χ1v) is 6.48. The average molecular weight is 277 g/mol. The van der Waals surface area contributed by atoms with Crippen molar-refractivity contribution in [3.8, 4) is 16.3 Å². The van der Waals surface area contributed by atoms with Crippen molar-refractivity contribution in [2.24, 2.45) is 0 Å². The molecule has 3 nitrogen and oxygen atoms in total. The number of anilines is 1. The normalized spacial score (nSPS) is 10.9. The topological polar surface area (TPSA) is 59.1 Å². The van der Waals surface area contributed by atoms with E-state index in [9.17, 15) is 5.11 Å². The van der Waals surface area contributed by atoms with Gasteiger partial charge in [-0.25, -0.2) is 4.98 Å². The average Bonchev–Trinajstić information content (AvgIpc) is 2.78. The lowest BCUT2D eigenvalue weighted by Gasteiger charge is -2.00. The van der Waals surface area contributed by atoms with Crippen LogP contribution in [0.4, 0.5) is 5.69 Å². The standard InChI is InChI=1S/C13H9ClN2OS/c14-8-2-1-3-10-12(8)18-13(16-10)7-4-5-11(17)9(15)6-7/h1-6,17H,15H2. The highest BCUT2D eigenvalue weighted by atomic mass is 35.5. The molecule has 90 valence electrons. The van der Waals surface area contributed by atoms with E-state index in [0.29, 0.717) is 10.7 Å². The minimum absolute atomic E-state index is 0.0814. The van der Waals surface area contributed by atoms with Crippen LogP contribution in [0.3, 0.4) is 0 Å². The maximum atomic E-state index is 9.41. The van der Waals surface area contributed by atoms with Crippen LogP contribution < -0.4 is 5.73 Å². The highest BCUT2D eigenvalue weighted by Crippen LogP contribution is 2.36. The highest BCUT2D eigenvalue weighted by molar-refractivity contribution is 7.22. The van der Waals surface area contributed by atoms with E-state index in [1.54, 1.807) is 18.2 Å². The molecule has 0 unspecified atom stereocenters. The molecule has 1 heterocycles. The number of hydrogen-bond acceptors (Lipinski definition) is 4. The molecule has 0 aliphatic heterocycles. The SMILES string of the molecule is Nc1cc(-c2nc3cccc(Cl)c3s2)ccc1O. The van der Waals surface area contributed by atoms with Gasteiger partial charge in [0.1, 0.15) is 10.8 Å². The molecule has 5 heteroatoms. The van der Waals surface area contributed by atoms with Gasteiger partial charge >= 0.3 is 0 Å². The zero-order valence-electron chi connectivity index (χ0n) is 9.22. The van der Waals surface area contributed by atoms with Crippen LogP contribution in [-0.2, 0) is 0 Å². The molecule has 0 bridgehead atoms. The Morgan fingerprint density at radius 2 is 2.06 bits per heavy atom. The van der Waals surface area contributed by atoms with E-state index in [1.807, 2.05) is 18.2 Å². The summed E-state index contributed by atoms with van der Waals surface area (Å²) in [6.07, 6.45) is 0. The molecule has 0 aliphatic carbocycles. The Hall–Kier alpha value is -1.78. The third-order valence-corrected chi connectivity index (χ3v) is 4.22. The van der Waals surface area contributed by atoms with Gasteiger partial charge in [-0.1, -0.05) is 17.7 Å². The molecule has 0 aliphatic rings. The summed E-state index contributed by atoms with van der Waals surface area (Å²) in [4.78, 5) is 4.51. The molecule has 0 fully saturated rings. The number of nitrogens with two attached hydrogens (primary N) is 1. The molecular weight excluding hydrogens is 268 g/mol. The first-order valence-electron chi connectivity index (χ1n) is 5.29. The quantitative estimate of drug-likeness (QED) is 0.523. The summed E-state index contributed by atoms with van der Waals surface area (Å²) in [5.74, 6) is 0.0814. The van der Waals surface area contributed by atoms with Crippen LogP contribution in [0.25, 0.3) is 20.8 Å². The lowest BCUT2D eigenvalue weighted by molar-refractivity contribution is 0.478. The van der Waals surface area contributed by atoms with Gasteiger partial charge < -0.3 is 10.8 Å². The zero-order chi connectivity index (χ0) is 12.7. The highest BCUT2D eigenvalue weighted by Gasteiger charge is 2.09. The molecule has 0 spiro atoms. The Balaban J connectivity index is 2.19. The second-order valence-corrected chi connectivity index (χ2v) is 5.29. The summed E-state index contributed by atoms with van der Waals surface area (Å²) in [7, 11) is 0. The van der Waals surface area contributed by atoms with Gasteiger partial charge in [0.15, 0.2) is 0 Å². The van der Waals surface area contributed by atoms with Crippen LogP contribution in [-0.4, -0.2) is 10.1 Å². The number of benzene rings is 2.